The van der Waals surface area contributed by atoms with E-state index >= 15 is 0 Å². The SMILES string of the molecule is CC(C)(C)c1cc(Br)ccc1OCC(=O)NNC(=O)COc1ccc(Cl)cc1Cl. The second-order valence-electron chi connectivity index (χ2n) is 7.14. The number of hydrogen-bond acceptors (Lipinski definition) is 4. The van der Waals surface area contributed by atoms with E-state index in [2.05, 4.69) is 47.6 Å². The second-order valence-corrected chi connectivity index (χ2v) is 8.90. The van der Waals surface area contributed by atoms with Crippen LogP contribution in [0.15, 0.2) is 40.9 Å². The molecule has 6 nitrogen and oxygen atoms in total. The molecule has 0 aromatic heterocycles. The van der Waals surface area contributed by atoms with Gasteiger partial charge in [-0.25, -0.2) is 0 Å². The monoisotopic (exact) mass is 502 g/mol. The third-order valence-corrected chi connectivity index (χ3v) is 4.73. The highest BCUT2D eigenvalue weighted by molar-refractivity contribution is 9.10. The number of carbonyl (C=O) groups excluding carboxylic acids is 2. The summed E-state index contributed by atoms with van der Waals surface area (Å²) in [5, 5.41) is 0.742. The smallest absolute Gasteiger partial charge is 0.276 e. The molecule has 0 bridgehead atoms. The molecule has 2 aromatic carbocycles. The van der Waals surface area contributed by atoms with Crippen molar-refractivity contribution < 1.29 is 19.1 Å². The molecule has 29 heavy (non-hydrogen) atoms. The van der Waals surface area contributed by atoms with Gasteiger partial charge in [-0.05, 0) is 41.8 Å². The average molecular weight is 504 g/mol. The highest BCUT2D eigenvalue weighted by Gasteiger charge is 2.20. The summed E-state index contributed by atoms with van der Waals surface area (Å²) in [6.07, 6.45) is 0. The molecule has 156 valence electrons. The molecule has 0 aliphatic rings. The average Bonchev–Trinajstić information content (AvgIpc) is 2.63. The van der Waals surface area contributed by atoms with E-state index in [0.717, 1.165) is 10.0 Å². The first kappa shape index (κ1) is 23.3. The first-order valence-corrected chi connectivity index (χ1v) is 10.2. The van der Waals surface area contributed by atoms with Gasteiger partial charge in [0, 0.05) is 15.1 Å². The number of halogens is 3. The van der Waals surface area contributed by atoms with Gasteiger partial charge in [0.25, 0.3) is 11.8 Å². The quantitative estimate of drug-likeness (QED) is 0.562. The fraction of sp³-hybridized carbons (Fsp3) is 0.300. The summed E-state index contributed by atoms with van der Waals surface area (Å²) in [6.45, 7) is 5.57. The highest BCUT2D eigenvalue weighted by atomic mass is 79.9. The van der Waals surface area contributed by atoms with Gasteiger partial charge >= 0.3 is 0 Å². The maximum absolute atomic E-state index is 12.0. The molecule has 0 heterocycles. The number of hydrogen-bond donors (Lipinski definition) is 2. The van der Waals surface area contributed by atoms with Gasteiger partial charge in [0.15, 0.2) is 13.2 Å². The van der Waals surface area contributed by atoms with Crippen LogP contribution >= 0.6 is 39.1 Å². The van der Waals surface area contributed by atoms with Crippen LogP contribution in [0.5, 0.6) is 11.5 Å². The molecule has 0 fully saturated rings. The summed E-state index contributed by atoms with van der Waals surface area (Å²) in [4.78, 5) is 23.8. The third kappa shape index (κ3) is 7.42. The Labute approximate surface area is 188 Å². The van der Waals surface area contributed by atoms with Crippen LogP contribution in [-0.2, 0) is 15.0 Å². The zero-order valence-electron chi connectivity index (χ0n) is 16.1. The molecule has 0 aliphatic heterocycles. The van der Waals surface area contributed by atoms with Crippen LogP contribution in [0, 0.1) is 0 Å². The number of carbonyl (C=O) groups is 2. The molecule has 0 aliphatic carbocycles. The summed E-state index contributed by atoms with van der Waals surface area (Å²) in [5.41, 5.74) is 5.32. The number of rotatable bonds is 6. The van der Waals surface area contributed by atoms with Crippen molar-refractivity contribution >= 4 is 50.9 Å². The van der Waals surface area contributed by atoms with Gasteiger partial charge in [-0.3, -0.25) is 20.4 Å². The van der Waals surface area contributed by atoms with Crippen LogP contribution in [0.25, 0.3) is 0 Å². The van der Waals surface area contributed by atoms with Crippen molar-refractivity contribution in [2.24, 2.45) is 0 Å². The summed E-state index contributed by atoms with van der Waals surface area (Å²) < 4.78 is 11.8. The van der Waals surface area contributed by atoms with Crippen LogP contribution in [0.1, 0.15) is 26.3 Å². The topological polar surface area (TPSA) is 76.7 Å². The van der Waals surface area contributed by atoms with E-state index in [1.54, 1.807) is 18.2 Å². The van der Waals surface area contributed by atoms with Gasteiger partial charge in [-0.15, -0.1) is 0 Å². The van der Waals surface area contributed by atoms with E-state index in [4.69, 9.17) is 32.7 Å². The molecule has 2 rings (SSSR count). The van der Waals surface area contributed by atoms with E-state index in [1.165, 1.54) is 6.07 Å². The molecule has 0 saturated carbocycles. The third-order valence-electron chi connectivity index (χ3n) is 3.70. The minimum Gasteiger partial charge on any atom is -0.483 e. The standard InChI is InChI=1S/C20H21BrCl2N2O4/c1-20(2,3)14-8-12(21)4-6-16(14)28-10-18(26)24-25-19(27)11-29-17-7-5-13(22)9-15(17)23/h4-9H,10-11H2,1-3H3,(H,24,26)(H,25,27). The van der Waals surface area contributed by atoms with Crippen LogP contribution in [0.2, 0.25) is 10.0 Å². The van der Waals surface area contributed by atoms with Crippen LogP contribution < -0.4 is 20.3 Å². The zero-order chi connectivity index (χ0) is 21.6. The van der Waals surface area contributed by atoms with Gasteiger partial charge in [0.2, 0.25) is 0 Å². The predicted octanol–water partition coefficient (Wildman–Crippen LogP) is 4.66. The fourth-order valence-electron chi connectivity index (χ4n) is 2.30. The Bertz CT molecular complexity index is 901. The van der Waals surface area contributed by atoms with Crippen molar-refractivity contribution in [3.8, 4) is 11.5 Å². The molecule has 0 atom stereocenters. The lowest BCUT2D eigenvalue weighted by Crippen LogP contribution is -2.45. The van der Waals surface area contributed by atoms with Crippen molar-refractivity contribution in [1.29, 1.82) is 0 Å². The van der Waals surface area contributed by atoms with Crippen molar-refractivity contribution in [2.45, 2.75) is 26.2 Å². The van der Waals surface area contributed by atoms with Crippen molar-refractivity contribution in [3.63, 3.8) is 0 Å². The lowest BCUT2D eigenvalue weighted by atomic mass is 9.86. The maximum atomic E-state index is 12.0. The Morgan fingerprint density at radius 3 is 2.03 bits per heavy atom. The largest absolute Gasteiger partial charge is 0.483 e. The van der Waals surface area contributed by atoms with Crippen LogP contribution in [0.3, 0.4) is 0 Å². The fourth-order valence-corrected chi connectivity index (χ4v) is 3.13. The lowest BCUT2D eigenvalue weighted by molar-refractivity contribution is -0.131. The first-order chi connectivity index (χ1) is 13.6. The number of amides is 2. The minimum atomic E-state index is -0.552. The van der Waals surface area contributed by atoms with E-state index in [9.17, 15) is 9.59 Å². The number of nitrogens with one attached hydrogen (secondary N) is 2. The lowest BCUT2D eigenvalue weighted by Gasteiger charge is -2.23. The van der Waals surface area contributed by atoms with Gasteiger partial charge in [-0.2, -0.15) is 0 Å². The molecule has 2 N–H and O–H groups in total. The van der Waals surface area contributed by atoms with Crippen LogP contribution in [-0.4, -0.2) is 25.0 Å². The number of benzene rings is 2. The van der Waals surface area contributed by atoms with E-state index in [1.807, 2.05) is 12.1 Å². The maximum Gasteiger partial charge on any atom is 0.276 e. The Morgan fingerprint density at radius 1 is 0.931 bits per heavy atom. The molecule has 0 unspecified atom stereocenters. The second kappa shape index (κ2) is 10.2. The Hall–Kier alpha value is -1.96. The van der Waals surface area contributed by atoms with E-state index < -0.39 is 11.8 Å². The highest BCUT2D eigenvalue weighted by Crippen LogP contribution is 2.33. The molecule has 0 spiro atoms. The normalized spacial score (nSPS) is 11.0. The number of hydrazine groups is 1. The Kier molecular flexibility index (Phi) is 8.19. The zero-order valence-corrected chi connectivity index (χ0v) is 19.2. The molecule has 9 heteroatoms. The predicted molar refractivity (Wildman–Crippen MR) is 117 cm³/mol. The summed E-state index contributed by atoms with van der Waals surface area (Å²) >= 11 is 15.2. The molecule has 2 amide bonds. The number of ether oxygens (including phenoxy) is 2. The van der Waals surface area contributed by atoms with Gasteiger partial charge in [0.05, 0.1) is 5.02 Å². The Morgan fingerprint density at radius 2 is 1.48 bits per heavy atom. The molecule has 0 saturated heterocycles. The molecular formula is C20H21BrCl2N2O4. The van der Waals surface area contributed by atoms with Gasteiger partial charge in [0.1, 0.15) is 11.5 Å². The summed E-state index contributed by atoms with van der Waals surface area (Å²) in [6, 6.07) is 10.2. The molecule has 0 radical (unpaired) electrons. The molecule has 2 aromatic rings. The molecular weight excluding hydrogens is 483 g/mol. The Balaban J connectivity index is 1.81. The van der Waals surface area contributed by atoms with E-state index in [-0.39, 0.29) is 23.7 Å². The van der Waals surface area contributed by atoms with Gasteiger partial charge < -0.3 is 9.47 Å². The van der Waals surface area contributed by atoms with Crippen molar-refractivity contribution in [3.05, 3.63) is 56.5 Å². The van der Waals surface area contributed by atoms with Crippen LogP contribution in [0.4, 0.5) is 0 Å². The first-order valence-electron chi connectivity index (χ1n) is 8.64. The summed E-state index contributed by atoms with van der Waals surface area (Å²) in [7, 11) is 0. The van der Waals surface area contributed by atoms with Crippen molar-refractivity contribution in [1.82, 2.24) is 10.9 Å². The van der Waals surface area contributed by atoms with E-state index in [0.29, 0.717) is 16.5 Å². The van der Waals surface area contributed by atoms with Gasteiger partial charge in [-0.1, -0.05) is 59.9 Å². The van der Waals surface area contributed by atoms with Crippen molar-refractivity contribution in [2.75, 3.05) is 13.2 Å². The summed E-state index contributed by atoms with van der Waals surface area (Å²) in [5.74, 6) is -0.150. The minimum absolute atomic E-state index is 0.163.